The number of aliphatic hydroxyl groups excluding tert-OH is 3. The maximum absolute atomic E-state index is 8.17. The molecule has 0 aromatic heterocycles. The van der Waals surface area contributed by atoms with E-state index in [9.17, 15) is 0 Å². The molecule has 0 saturated carbocycles. The molecule has 0 heterocycles. The van der Waals surface area contributed by atoms with Crippen LogP contribution < -0.4 is 4.74 Å². The summed E-state index contributed by atoms with van der Waals surface area (Å²) >= 11 is 0. The molecular weight excluding hydrogens is 388 g/mol. The van der Waals surface area contributed by atoms with E-state index in [2.05, 4.69) is 62.4 Å². The first-order valence-corrected chi connectivity index (χ1v) is 11.9. The Bertz CT molecular complexity index is 594. The van der Waals surface area contributed by atoms with Crippen LogP contribution >= 0.6 is 0 Å². The van der Waals surface area contributed by atoms with Gasteiger partial charge in [-0.2, -0.15) is 0 Å². The second-order valence-electron chi connectivity index (χ2n) is 8.03. The standard InChI is InChI=1S/C24H34O.C3H8O3/c1-3-5-7-9-11-21-13-17-23(18-14-21)25-24-19-15-22(16-20-24)12-10-8-6-4-2;4-1-3(6)2-5/h13-20H,3-12H2,1-2H3;3-6H,1-2H2. The van der Waals surface area contributed by atoms with Gasteiger partial charge in [0.2, 0.25) is 0 Å². The fourth-order valence-electron chi connectivity index (χ4n) is 3.15. The van der Waals surface area contributed by atoms with Crippen molar-refractivity contribution in [2.24, 2.45) is 0 Å². The summed E-state index contributed by atoms with van der Waals surface area (Å²) in [5, 5.41) is 24.0. The molecule has 0 amide bonds. The van der Waals surface area contributed by atoms with Crippen LogP contribution in [0.3, 0.4) is 0 Å². The van der Waals surface area contributed by atoms with Crippen molar-refractivity contribution in [1.82, 2.24) is 0 Å². The monoisotopic (exact) mass is 430 g/mol. The molecule has 31 heavy (non-hydrogen) atoms. The lowest BCUT2D eigenvalue weighted by atomic mass is 10.1. The summed E-state index contributed by atoms with van der Waals surface area (Å²) in [4.78, 5) is 0. The van der Waals surface area contributed by atoms with Gasteiger partial charge in [0.25, 0.3) is 0 Å². The van der Waals surface area contributed by atoms with E-state index in [4.69, 9.17) is 20.1 Å². The lowest BCUT2D eigenvalue weighted by molar-refractivity contribution is 0.0450. The van der Waals surface area contributed by atoms with E-state index in [0.717, 1.165) is 11.5 Å². The number of benzene rings is 2. The van der Waals surface area contributed by atoms with E-state index in [1.54, 1.807) is 0 Å². The van der Waals surface area contributed by atoms with E-state index in [1.165, 1.54) is 75.3 Å². The molecule has 2 rings (SSSR count). The fourth-order valence-corrected chi connectivity index (χ4v) is 3.15. The molecule has 0 unspecified atom stereocenters. The van der Waals surface area contributed by atoms with Crippen LogP contribution in [0.1, 0.15) is 76.3 Å². The summed E-state index contributed by atoms with van der Waals surface area (Å²) in [5.74, 6) is 1.85. The molecule has 0 atom stereocenters. The molecule has 0 bridgehead atoms. The van der Waals surface area contributed by atoms with Gasteiger partial charge in [-0.25, -0.2) is 0 Å². The zero-order valence-corrected chi connectivity index (χ0v) is 19.4. The highest BCUT2D eigenvalue weighted by atomic mass is 16.5. The minimum atomic E-state index is -0.954. The maximum Gasteiger partial charge on any atom is 0.127 e. The fraction of sp³-hybridized carbons (Fsp3) is 0.556. The second kappa shape index (κ2) is 17.8. The molecule has 2 aromatic rings. The molecule has 0 fully saturated rings. The Hall–Kier alpha value is -1.88. The Kier molecular flexibility index (Phi) is 15.6. The summed E-state index contributed by atoms with van der Waals surface area (Å²) in [6, 6.07) is 17.2. The molecular formula is C27H42O4. The Labute approximate surface area is 188 Å². The van der Waals surface area contributed by atoms with Crippen molar-refractivity contribution in [3.63, 3.8) is 0 Å². The van der Waals surface area contributed by atoms with Gasteiger partial charge in [-0.3, -0.25) is 0 Å². The minimum absolute atomic E-state index is 0.365. The summed E-state index contributed by atoms with van der Waals surface area (Å²) in [6.07, 6.45) is 11.9. The lowest BCUT2D eigenvalue weighted by Gasteiger charge is -2.08. The number of hydrogen-bond donors (Lipinski definition) is 3. The largest absolute Gasteiger partial charge is 0.457 e. The summed E-state index contributed by atoms with van der Waals surface area (Å²) in [6.45, 7) is 3.78. The number of unbranched alkanes of at least 4 members (excludes halogenated alkanes) is 6. The minimum Gasteiger partial charge on any atom is -0.457 e. The van der Waals surface area contributed by atoms with Gasteiger partial charge in [0.15, 0.2) is 0 Å². The van der Waals surface area contributed by atoms with Crippen molar-refractivity contribution in [3.8, 4) is 11.5 Å². The van der Waals surface area contributed by atoms with Crippen LogP contribution in [0.15, 0.2) is 48.5 Å². The molecule has 4 heteroatoms. The first-order chi connectivity index (χ1) is 15.1. The van der Waals surface area contributed by atoms with Crippen molar-refractivity contribution in [3.05, 3.63) is 59.7 Å². The smallest absolute Gasteiger partial charge is 0.127 e. The normalized spacial score (nSPS) is 10.6. The van der Waals surface area contributed by atoms with Crippen LogP contribution in [0.25, 0.3) is 0 Å². The Balaban J connectivity index is 0.000000703. The zero-order valence-electron chi connectivity index (χ0n) is 19.4. The first kappa shape index (κ1) is 27.2. The van der Waals surface area contributed by atoms with Gasteiger partial charge in [-0.05, 0) is 61.1 Å². The van der Waals surface area contributed by atoms with Gasteiger partial charge in [0.1, 0.15) is 17.6 Å². The highest BCUT2D eigenvalue weighted by Crippen LogP contribution is 2.23. The molecule has 174 valence electrons. The summed E-state index contributed by atoms with van der Waals surface area (Å²) in [5.41, 5.74) is 2.82. The average molecular weight is 431 g/mol. The zero-order chi connectivity index (χ0) is 22.7. The predicted octanol–water partition coefficient (Wildman–Crippen LogP) is 6.06. The Morgan fingerprint density at radius 1 is 0.613 bits per heavy atom. The highest BCUT2D eigenvalue weighted by molar-refractivity contribution is 5.34. The van der Waals surface area contributed by atoms with E-state index in [-0.39, 0.29) is 13.2 Å². The van der Waals surface area contributed by atoms with Crippen molar-refractivity contribution >= 4 is 0 Å². The van der Waals surface area contributed by atoms with Crippen LogP contribution in [-0.2, 0) is 12.8 Å². The van der Waals surface area contributed by atoms with Crippen LogP contribution in [0.4, 0.5) is 0 Å². The van der Waals surface area contributed by atoms with Crippen molar-refractivity contribution in [2.45, 2.75) is 84.2 Å². The summed E-state index contributed by atoms with van der Waals surface area (Å²) < 4.78 is 5.97. The quantitative estimate of drug-likeness (QED) is 0.319. The van der Waals surface area contributed by atoms with Crippen molar-refractivity contribution in [2.75, 3.05) is 13.2 Å². The molecule has 0 spiro atoms. The number of rotatable bonds is 14. The molecule has 0 aliphatic rings. The van der Waals surface area contributed by atoms with Crippen LogP contribution in [0.5, 0.6) is 11.5 Å². The Morgan fingerprint density at radius 3 is 1.29 bits per heavy atom. The van der Waals surface area contributed by atoms with Gasteiger partial charge < -0.3 is 20.1 Å². The molecule has 3 N–H and O–H groups in total. The number of ether oxygens (including phenoxy) is 1. The van der Waals surface area contributed by atoms with Gasteiger partial charge in [-0.1, -0.05) is 76.6 Å². The highest BCUT2D eigenvalue weighted by Gasteiger charge is 2.00. The van der Waals surface area contributed by atoms with Crippen LogP contribution in [0, 0.1) is 0 Å². The molecule has 0 saturated heterocycles. The molecule has 2 aromatic carbocycles. The van der Waals surface area contributed by atoms with E-state index >= 15 is 0 Å². The third-order valence-electron chi connectivity index (χ3n) is 5.14. The van der Waals surface area contributed by atoms with Crippen molar-refractivity contribution in [1.29, 1.82) is 0 Å². The topological polar surface area (TPSA) is 69.9 Å². The molecule has 0 aliphatic carbocycles. The number of hydrogen-bond acceptors (Lipinski definition) is 4. The van der Waals surface area contributed by atoms with Crippen LogP contribution in [-0.4, -0.2) is 34.6 Å². The summed E-state index contributed by atoms with van der Waals surface area (Å²) in [7, 11) is 0. The molecule has 4 nitrogen and oxygen atoms in total. The van der Waals surface area contributed by atoms with Gasteiger partial charge in [0.05, 0.1) is 13.2 Å². The number of aryl methyl sites for hydroxylation is 2. The molecule has 0 aliphatic heterocycles. The third-order valence-corrected chi connectivity index (χ3v) is 5.14. The third kappa shape index (κ3) is 13.2. The number of aliphatic hydroxyl groups is 3. The van der Waals surface area contributed by atoms with Gasteiger partial charge >= 0.3 is 0 Å². The van der Waals surface area contributed by atoms with Gasteiger partial charge in [0, 0.05) is 0 Å². The lowest BCUT2D eigenvalue weighted by Crippen LogP contribution is -2.15. The van der Waals surface area contributed by atoms with E-state index in [0.29, 0.717) is 0 Å². The Morgan fingerprint density at radius 2 is 1.00 bits per heavy atom. The van der Waals surface area contributed by atoms with E-state index < -0.39 is 6.10 Å². The van der Waals surface area contributed by atoms with E-state index in [1.807, 2.05) is 0 Å². The first-order valence-electron chi connectivity index (χ1n) is 11.9. The van der Waals surface area contributed by atoms with Crippen molar-refractivity contribution < 1.29 is 20.1 Å². The molecule has 0 radical (unpaired) electrons. The van der Waals surface area contributed by atoms with Crippen LogP contribution in [0.2, 0.25) is 0 Å². The second-order valence-corrected chi connectivity index (χ2v) is 8.03. The van der Waals surface area contributed by atoms with Gasteiger partial charge in [-0.15, -0.1) is 0 Å². The average Bonchev–Trinajstić information content (AvgIpc) is 2.81. The SMILES string of the molecule is CCCCCCc1ccc(Oc2ccc(CCCCCC)cc2)cc1.OCC(O)CO. The predicted molar refractivity (Wildman–Crippen MR) is 129 cm³/mol. The maximum atomic E-state index is 8.17.